The molecule has 0 aromatic heterocycles. The van der Waals surface area contributed by atoms with Crippen LogP contribution in [0.15, 0.2) is 163 Å². The van der Waals surface area contributed by atoms with E-state index in [9.17, 15) is 0 Å². The van der Waals surface area contributed by atoms with Crippen molar-refractivity contribution >= 4 is 22.5 Å². The van der Waals surface area contributed by atoms with Gasteiger partial charge in [0, 0.05) is 17.1 Å². The Bertz CT molecular complexity index is 1810. The molecule has 0 radical (unpaired) electrons. The summed E-state index contributed by atoms with van der Waals surface area (Å²) >= 11 is 0. The molecule has 0 saturated heterocycles. The second-order valence-corrected chi connectivity index (χ2v) is 11.9. The molecule has 0 atom stereocenters. The molecule has 6 rings (SSSR count). The highest BCUT2D eigenvalue weighted by atomic mass is 15.1. The number of hydrogen-bond acceptors (Lipinski definition) is 1. The van der Waals surface area contributed by atoms with E-state index in [0.717, 1.165) is 32.1 Å². The van der Waals surface area contributed by atoms with Crippen LogP contribution in [-0.4, -0.2) is 0 Å². The minimum absolute atomic E-state index is 1.03. The molecule has 0 unspecified atom stereocenters. The quantitative estimate of drug-likeness (QED) is 0.177. The van der Waals surface area contributed by atoms with Gasteiger partial charge in [-0.25, -0.2) is 0 Å². The average molecular weight is 586 g/mol. The van der Waals surface area contributed by atoms with Crippen molar-refractivity contribution in [3.05, 3.63) is 179 Å². The monoisotopic (exact) mass is 585 g/mol. The van der Waals surface area contributed by atoms with Gasteiger partial charge in [-0.2, -0.15) is 0 Å². The lowest BCUT2D eigenvalue weighted by Gasteiger charge is -2.32. The first-order valence-electron chi connectivity index (χ1n) is 16.4. The lowest BCUT2D eigenvalue weighted by molar-refractivity contribution is 0.880. The summed E-state index contributed by atoms with van der Waals surface area (Å²) in [5.41, 5.74) is 15.6. The smallest absolute Gasteiger partial charge is 0.0493 e. The Labute approximate surface area is 270 Å². The maximum atomic E-state index is 2.46. The number of anilines is 2. The van der Waals surface area contributed by atoms with Gasteiger partial charge in [-0.15, -0.1) is 0 Å². The van der Waals surface area contributed by atoms with Gasteiger partial charge >= 0.3 is 0 Å². The standard InChI is InChI=1S/C44H43N/c1-4-6-15-34(5-2)36-25-29-40(30-26-36)45(41-31-27-37(28-32-41)35-16-8-7-9-17-35)44-20-13-12-19-43(44)39-23-21-38(22-24-39)42-18-11-10-14-33(42)3/h5-11,13-18,20-21,23,25-32H,4,12,19,22,24H2,1-3H3/b15-6-,34-5+. The maximum Gasteiger partial charge on any atom is 0.0493 e. The van der Waals surface area contributed by atoms with Crippen molar-refractivity contribution < 1.29 is 0 Å². The summed E-state index contributed by atoms with van der Waals surface area (Å²) in [6.45, 7) is 6.51. The van der Waals surface area contributed by atoms with Crippen LogP contribution in [0.3, 0.4) is 0 Å². The highest BCUT2D eigenvalue weighted by molar-refractivity contribution is 5.79. The molecule has 0 aliphatic heterocycles. The Morgan fingerprint density at radius 2 is 1.36 bits per heavy atom. The van der Waals surface area contributed by atoms with Crippen molar-refractivity contribution in [1.82, 2.24) is 0 Å². The van der Waals surface area contributed by atoms with E-state index in [1.165, 1.54) is 67.2 Å². The fourth-order valence-corrected chi connectivity index (χ4v) is 6.50. The molecule has 0 heterocycles. The molecular weight excluding hydrogens is 542 g/mol. The molecule has 1 heteroatoms. The molecule has 2 aliphatic rings. The van der Waals surface area contributed by atoms with Crippen molar-refractivity contribution in [2.45, 2.75) is 52.9 Å². The van der Waals surface area contributed by atoms with Crippen LogP contribution in [-0.2, 0) is 0 Å². The Morgan fingerprint density at radius 1 is 0.711 bits per heavy atom. The van der Waals surface area contributed by atoms with E-state index in [-0.39, 0.29) is 0 Å². The zero-order chi connectivity index (χ0) is 31.0. The van der Waals surface area contributed by atoms with Crippen LogP contribution in [0.5, 0.6) is 0 Å². The van der Waals surface area contributed by atoms with Gasteiger partial charge in [0.1, 0.15) is 0 Å². The molecule has 0 N–H and O–H groups in total. The third-order valence-corrected chi connectivity index (χ3v) is 8.95. The molecule has 0 saturated carbocycles. The average Bonchev–Trinajstić information content (AvgIpc) is 3.11. The van der Waals surface area contributed by atoms with Gasteiger partial charge in [-0.3, -0.25) is 0 Å². The first-order chi connectivity index (χ1) is 22.2. The molecule has 2 aliphatic carbocycles. The fourth-order valence-electron chi connectivity index (χ4n) is 6.50. The molecule has 1 nitrogen and oxygen atoms in total. The number of aryl methyl sites for hydroxylation is 1. The van der Waals surface area contributed by atoms with Crippen LogP contribution < -0.4 is 4.90 Å². The molecule has 0 bridgehead atoms. The third-order valence-electron chi connectivity index (χ3n) is 8.95. The van der Waals surface area contributed by atoms with Crippen LogP contribution in [0.2, 0.25) is 0 Å². The summed E-state index contributed by atoms with van der Waals surface area (Å²) in [5.74, 6) is 0. The Balaban J connectivity index is 1.43. The minimum atomic E-state index is 1.03. The van der Waals surface area contributed by atoms with Crippen LogP contribution in [0.25, 0.3) is 22.3 Å². The van der Waals surface area contributed by atoms with E-state index in [2.05, 4.69) is 171 Å². The van der Waals surface area contributed by atoms with Gasteiger partial charge < -0.3 is 4.90 Å². The molecular formula is C44H43N. The molecule has 4 aromatic rings. The highest BCUT2D eigenvalue weighted by Crippen LogP contribution is 2.41. The fraction of sp³-hybridized carbons (Fsp3) is 0.182. The zero-order valence-electron chi connectivity index (χ0n) is 26.8. The number of allylic oxidation sites excluding steroid dienone is 11. The Kier molecular flexibility index (Phi) is 9.56. The van der Waals surface area contributed by atoms with E-state index >= 15 is 0 Å². The number of rotatable bonds is 9. The summed E-state index contributed by atoms with van der Waals surface area (Å²) in [6.07, 6.45) is 21.4. The van der Waals surface area contributed by atoms with Crippen LogP contribution in [0.1, 0.15) is 62.6 Å². The van der Waals surface area contributed by atoms with Crippen molar-refractivity contribution in [2.75, 3.05) is 4.90 Å². The molecule has 45 heavy (non-hydrogen) atoms. The van der Waals surface area contributed by atoms with Gasteiger partial charge in [-0.1, -0.05) is 122 Å². The molecule has 4 aromatic carbocycles. The summed E-state index contributed by atoms with van der Waals surface area (Å²) in [7, 11) is 0. The van der Waals surface area contributed by atoms with Gasteiger partial charge in [-0.05, 0) is 126 Å². The van der Waals surface area contributed by atoms with E-state index in [1.807, 2.05) is 0 Å². The van der Waals surface area contributed by atoms with Crippen molar-refractivity contribution in [2.24, 2.45) is 0 Å². The van der Waals surface area contributed by atoms with Crippen LogP contribution in [0.4, 0.5) is 11.4 Å². The second kappa shape index (κ2) is 14.3. The van der Waals surface area contributed by atoms with Gasteiger partial charge in [0.2, 0.25) is 0 Å². The van der Waals surface area contributed by atoms with Crippen molar-refractivity contribution in [3.8, 4) is 11.1 Å². The number of benzene rings is 4. The second-order valence-electron chi connectivity index (χ2n) is 11.9. The first kappa shape index (κ1) is 30.2. The predicted octanol–water partition coefficient (Wildman–Crippen LogP) is 12.6. The SMILES string of the molecule is C/C=C(\C=C/CC)c1ccc(N(C2=C(C3=CC=C(c4ccccc4C)CC3)CCC=C2)c2ccc(-c3ccccc3)cc2)cc1. The summed E-state index contributed by atoms with van der Waals surface area (Å²) in [4.78, 5) is 2.46. The normalized spacial score (nSPS) is 15.3. The maximum absolute atomic E-state index is 2.46. The topological polar surface area (TPSA) is 3.24 Å². The van der Waals surface area contributed by atoms with Crippen LogP contribution >= 0.6 is 0 Å². The number of nitrogens with zero attached hydrogens (tertiary/aromatic N) is 1. The summed E-state index contributed by atoms with van der Waals surface area (Å²) in [6, 6.07) is 37.5. The minimum Gasteiger partial charge on any atom is -0.310 e. The van der Waals surface area contributed by atoms with E-state index in [1.54, 1.807) is 0 Å². The molecule has 0 spiro atoms. The van der Waals surface area contributed by atoms with Gasteiger partial charge in [0.05, 0.1) is 0 Å². The lowest BCUT2D eigenvalue weighted by Crippen LogP contribution is -2.19. The molecule has 0 amide bonds. The summed E-state index contributed by atoms with van der Waals surface area (Å²) in [5, 5.41) is 0. The summed E-state index contributed by atoms with van der Waals surface area (Å²) < 4.78 is 0. The van der Waals surface area contributed by atoms with Gasteiger partial charge in [0.15, 0.2) is 0 Å². The van der Waals surface area contributed by atoms with Gasteiger partial charge in [0.25, 0.3) is 0 Å². The Morgan fingerprint density at radius 3 is 2.02 bits per heavy atom. The molecule has 0 fully saturated rings. The third kappa shape index (κ3) is 6.79. The largest absolute Gasteiger partial charge is 0.310 e. The van der Waals surface area contributed by atoms with Crippen LogP contribution in [0, 0.1) is 6.92 Å². The lowest BCUT2D eigenvalue weighted by atomic mass is 9.85. The van der Waals surface area contributed by atoms with E-state index in [4.69, 9.17) is 0 Å². The van der Waals surface area contributed by atoms with Crippen molar-refractivity contribution in [3.63, 3.8) is 0 Å². The first-order valence-corrected chi connectivity index (χ1v) is 16.4. The zero-order valence-corrected chi connectivity index (χ0v) is 26.8. The van der Waals surface area contributed by atoms with Crippen molar-refractivity contribution in [1.29, 1.82) is 0 Å². The van der Waals surface area contributed by atoms with E-state index in [0.29, 0.717) is 0 Å². The number of hydrogen-bond donors (Lipinski definition) is 0. The van der Waals surface area contributed by atoms with E-state index < -0.39 is 0 Å². The Hall–Kier alpha value is -4.88. The highest BCUT2D eigenvalue weighted by Gasteiger charge is 2.23. The molecule has 224 valence electrons. The predicted molar refractivity (Wildman–Crippen MR) is 195 cm³/mol.